The molecule has 3 amide bonds. The van der Waals surface area contributed by atoms with Gasteiger partial charge in [-0.15, -0.1) is 0 Å². The van der Waals surface area contributed by atoms with Gasteiger partial charge in [0.15, 0.2) is 0 Å². The van der Waals surface area contributed by atoms with E-state index in [2.05, 4.69) is 19.9 Å². The third kappa shape index (κ3) is 4.78. The number of benzene rings is 2. The van der Waals surface area contributed by atoms with Crippen molar-refractivity contribution in [2.24, 2.45) is 23.7 Å². The van der Waals surface area contributed by atoms with Crippen LogP contribution in [0.3, 0.4) is 0 Å². The number of fused-ring (bicyclic) bond motifs is 4. The first kappa shape index (κ1) is 27.2. The fraction of sp³-hybridized carbons (Fsp3) is 0.433. The summed E-state index contributed by atoms with van der Waals surface area (Å²) in [4.78, 5) is 39.4. The molecular weight excluding hydrogens is 497 g/mol. The molecule has 0 saturated carbocycles. The highest BCUT2D eigenvalue weighted by atomic mass is 16.5. The average molecular weight is 531 g/mol. The van der Waals surface area contributed by atoms with Crippen LogP contribution in [0.25, 0.3) is 16.8 Å². The zero-order chi connectivity index (χ0) is 28.0. The highest BCUT2D eigenvalue weighted by Gasteiger charge is 2.59. The molecule has 9 heteroatoms. The number of phenols is 1. The van der Waals surface area contributed by atoms with E-state index in [0.29, 0.717) is 24.2 Å². The summed E-state index contributed by atoms with van der Waals surface area (Å²) in [5.41, 5.74) is 4.17. The lowest BCUT2D eigenvalue weighted by atomic mass is 9.57. The summed E-state index contributed by atoms with van der Waals surface area (Å²) in [5, 5.41) is 22.7. The second kappa shape index (κ2) is 10.6. The van der Waals surface area contributed by atoms with Gasteiger partial charge >= 0.3 is 13.2 Å². The van der Waals surface area contributed by atoms with Gasteiger partial charge in [0.2, 0.25) is 11.8 Å². The third-order valence-electron chi connectivity index (χ3n) is 8.44. The summed E-state index contributed by atoms with van der Waals surface area (Å²) < 4.78 is 10.8. The lowest BCUT2D eigenvalue weighted by Crippen LogP contribution is -2.46. The maximum atomic E-state index is 13.3. The van der Waals surface area contributed by atoms with Gasteiger partial charge in [0.1, 0.15) is 5.75 Å². The number of ether oxygens (including phenoxy) is 1. The summed E-state index contributed by atoms with van der Waals surface area (Å²) in [6, 6.07) is 11.3. The highest BCUT2D eigenvalue weighted by Crippen LogP contribution is 2.52. The first-order valence-electron chi connectivity index (χ1n) is 13.5. The molecule has 2 saturated heterocycles. The number of rotatable bonds is 5. The number of phenolic OH excluding ortho intramolecular Hbond substituents is 1. The predicted molar refractivity (Wildman–Crippen MR) is 147 cm³/mol. The Labute approximate surface area is 228 Å². The minimum atomic E-state index is -1.07. The number of imide groups is 3. The summed E-state index contributed by atoms with van der Waals surface area (Å²) in [6.45, 7) is 6.16. The van der Waals surface area contributed by atoms with E-state index in [1.54, 1.807) is 6.07 Å². The van der Waals surface area contributed by atoms with Crippen molar-refractivity contribution in [3.05, 3.63) is 58.7 Å². The van der Waals surface area contributed by atoms with Gasteiger partial charge in [-0.05, 0) is 66.9 Å². The van der Waals surface area contributed by atoms with Crippen LogP contribution in [0.15, 0.2) is 53.1 Å². The monoisotopic (exact) mass is 531 g/mol. The molecule has 0 bridgehead atoms. The van der Waals surface area contributed by atoms with E-state index in [1.165, 1.54) is 0 Å². The molecule has 204 valence electrons. The molecule has 2 aromatic carbocycles. The lowest BCUT2D eigenvalue weighted by molar-refractivity contribution is -0.137. The van der Waals surface area contributed by atoms with Crippen LogP contribution in [0.5, 0.6) is 5.75 Å². The minimum absolute atomic E-state index is 0.111. The van der Waals surface area contributed by atoms with Crippen molar-refractivity contribution in [3.63, 3.8) is 0 Å². The number of nitrogens with zero attached hydrogens (tertiary/aromatic N) is 1. The topological polar surface area (TPSA) is 113 Å². The van der Waals surface area contributed by atoms with E-state index in [0.717, 1.165) is 40.2 Å². The van der Waals surface area contributed by atoms with Crippen LogP contribution in [0.4, 0.5) is 4.79 Å². The molecule has 0 spiro atoms. The van der Waals surface area contributed by atoms with Crippen molar-refractivity contribution in [1.29, 1.82) is 0 Å². The summed E-state index contributed by atoms with van der Waals surface area (Å²) in [5.74, 6) is -2.46. The normalized spacial score (nSPS) is 25.4. The minimum Gasteiger partial charge on any atom is -0.507 e. The van der Waals surface area contributed by atoms with E-state index in [9.17, 15) is 24.5 Å². The number of likely N-dealkylation sites (tertiary alicyclic amines) is 1. The number of hydrogen-bond donors (Lipinski definition) is 2. The van der Waals surface area contributed by atoms with Gasteiger partial charge in [-0.3, -0.25) is 9.59 Å². The number of carbonyl (C=O) groups is 3. The molecule has 8 nitrogen and oxygen atoms in total. The number of methoxy groups -OCH3 is 1. The lowest BCUT2D eigenvalue weighted by Gasteiger charge is -2.44. The second-order valence-corrected chi connectivity index (χ2v) is 11.1. The molecule has 3 aliphatic rings. The van der Waals surface area contributed by atoms with Crippen molar-refractivity contribution >= 4 is 41.9 Å². The van der Waals surface area contributed by atoms with Gasteiger partial charge in [-0.2, -0.15) is 4.90 Å². The number of carbonyl (C=O) groups excluding carboxylic acids is 3. The Morgan fingerprint density at radius 1 is 1.15 bits per heavy atom. The Morgan fingerprint density at radius 2 is 1.87 bits per heavy atom. The second-order valence-electron chi connectivity index (χ2n) is 11.1. The van der Waals surface area contributed by atoms with E-state index in [1.807, 2.05) is 37.3 Å². The van der Waals surface area contributed by atoms with Crippen LogP contribution in [0, 0.1) is 23.7 Å². The first-order chi connectivity index (χ1) is 18.6. The van der Waals surface area contributed by atoms with E-state index in [-0.39, 0.29) is 23.9 Å². The molecule has 2 aromatic rings. The molecule has 0 radical (unpaired) electrons. The maximum absolute atomic E-state index is 13.3. The highest BCUT2D eigenvalue weighted by molar-refractivity contribution is 6.43. The largest absolute Gasteiger partial charge is 0.507 e. The van der Waals surface area contributed by atoms with Gasteiger partial charge in [-0.25, -0.2) is 4.79 Å². The first-order valence-corrected chi connectivity index (χ1v) is 13.5. The standard InChI is InChI=1S/C30H34BNO7/c1-16(2)21-14-22-27(29(35)32(28(22)34)30(36)38-4)23-15-31(37)39-25(26(21)23)12-9-17(3)13-18-10-11-24(33)20-8-6-5-7-19(18)20/h5-8,10-11,13,16,22-23,25,27,33,37H,9,12,14-15H2,1-4H3/b17-13+/t22-,23+,25-,27-/m1/s1. The fourth-order valence-corrected chi connectivity index (χ4v) is 6.65. The van der Waals surface area contributed by atoms with Crippen molar-refractivity contribution in [2.75, 3.05) is 7.11 Å². The van der Waals surface area contributed by atoms with Gasteiger partial charge in [-0.1, -0.05) is 61.4 Å². The fourth-order valence-electron chi connectivity index (χ4n) is 6.65. The molecule has 0 unspecified atom stereocenters. The zero-order valence-electron chi connectivity index (χ0n) is 22.7. The van der Waals surface area contributed by atoms with Crippen LogP contribution < -0.4 is 0 Å². The van der Waals surface area contributed by atoms with E-state index >= 15 is 0 Å². The summed E-state index contributed by atoms with van der Waals surface area (Å²) in [6.07, 6.45) is 2.59. The Hall–Kier alpha value is -3.43. The van der Waals surface area contributed by atoms with Gasteiger partial charge in [0.25, 0.3) is 0 Å². The van der Waals surface area contributed by atoms with Crippen molar-refractivity contribution < 1.29 is 33.9 Å². The molecule has 5 rings (SSSR count). The summed E-state index contributed by atoms with van der Waals surface area (Å²) in [7, 11) is 0.0791. The molecule has 4 atom stereocenters. The van der Waals surface area contributed by atoms with E-state index < -0.39 is 43.0 Å². The van der Waals surface area contributed by atoms with Crippen LogP contribution >= 0.6 is 0 Å². The molecule has 2 fully saturated rings. The maximum Gasteiger partial charge on any atom is 0.455 e. The van der Waals surface area contributed by atoms with Crippen LogP contribution in [0.2, 0.25) is 6.32 Å². The van der Waals surface area contributed by atoms with Crippen molar-refractivity contribution in [1.82, 2.24) is 4.90 Å². The number of aromatic hydroxyl groups is 1. The Kier molecular flexibility index (Phi) is 7.40. The van der Waals surface area contributed by atoms with Gasteiger partial charge in [0, 0.05) is 5.39 Å². The Morgan fingerprint density at radius 3 is 2.56 bits per heavy atom. The number of hydrogen-bond acceptors (Lipinski definition) is 7. The van der Waals surface area contributed by atoms with Crippen LogP contribution in [0.1, 0.15) is 45.6 Å². The molecule has 0 aromatic heterocycles. The van der Waals surface area contributed by atoms with E-state index in [4.69, 9.17) is 9.39 Å². The van der Waals surface area contributed by atoms with Crippen LogP contribution in [-0.2, 0) is 19.0 Å². The van der Waals surface area contributed by atoms with Crippen molar-refractivity contribution in [3.8, 4) is 5.75 Å². The summed E-state index contributed by atoms with van der Waals surface area (Å²) >= 11 is 0. The van der Waals surface area contributed by atoms with Gasteiger partial charge in [0.05, 0.1) is 25.0 Å². The average Bonchev–Trinajstić information content (AvgIpc) is 3.17. The molecule has 2 heterocycles. The molecule has 39 heavy (non-hydrogen) atoms. The molecular formula is C30H34BNO7. The number of allylic oxidation sites excluding steroid dienone is 2. The SMILES string of the molecule is COC(=O)N1C(=O)[C@@H]2[C@@H](CC(C(C)C)=C3[C@@H](CC/C(C)=C/c4ccc(O)c5ccccc45)OB(O)C[C@@H]32)C1=O. The third-order valence-corrected chi connectivity index (χ3v) is 8.44. The Balaban J connectivity index is 1.44. The quantitative estimate of drug-likeness (QED) is 0.319. The molecule has 2 N–H and O–H groups in total. The molecule has 2 aliphatic heterocycles. The zero-order valence-corrected chi connectivity index (χ0v) is 22.7. The van der Waals surface area contributed by atoms with Crippen molar-refractivity contribution in [2.45, 2.75) is 52.5 Å². The van der Waals surface area contributed by atoms with Gasteiger partial charge < -0.3 is 19.5 Å². The smallest absolute Gasteiger partial charge is 0.455 e. The molecule has 1 aliphatic carbocycles. The predicted octanol–water partition coefficient (Wildman–Crippen LogP) is 4.95. The van der Waals surface area contributed by atoms with Crippen LogP contribution in [-0.4, -0.2) is 53.3 Å². The Bertz CT molecular complexity index is 1400. The number of amides is 3.